The normalized spacial score (nSPS) is 15.3. The lowest BCUT2D eigenvalue weighted by atomic mass is 10.1. The van der Waals surface area contributed by atoms with E-state index in [0.29, 0.717) is 5.13 Å². The SMILES string of the molecule is Cl.Nc1ncc(CN2CCc3ccsc3C2)s1. The van der Waals surface area contributed by atoms with Crippen molar-refractivity contribution in [2.45, 2.75) is 19.5 Å². The van der Waals surface area contributed by atoms with Crippen molar-refractivity contribution < 1.29 is 0 Å². The summed E-state index contributed by atoms with van der Waals surface area (Å²) in [5, 5.41) is 2.86. The summed E-state index contributed by atoms with van der Waals surface area (Å²) in [6, 6.07) is 2.25. The highest BCUT2D eigenvalue weighted by Gasteiger charge is 2.17. The fraction of sp³-hybridized carbons (Fsp3) is 0.364. The van der Waals surface area contributed by atoms with E-state index in [1.807, 2.05) is 17.5 Å². The van der Waals surface area contributed by atoms with Gasteiger partial charge in [-0.3, -0.25) is 4.90 Å². The quantitative estimate of drug-likeness (QED) is 0.923. The van der Waals surface area contributed by atoms with Crippen molar-refractivity contribution in [3.05, 3.63) is 33.0 Å². The minimum Gasteiger partial charge on any atom is -0.375 e. The molecule has 0 saturated heterocycles. The van der Waals surface area contributed by atoms with Crippen molar-refractivity contribution in [2.75, 3.05) is 12.3 Å². The Kier molecular flexibility index (Phi) is 4.04. The van der Waals surface area contributed by atoms with E-state index in [-0.39, 0.29) is 12.4 Å². The lowest BCUT2D eigenvalue weighted by molar-refractivity contribution is 0.251. The van der Waals surface area contributed by atoms with Gasteiger partial charge < -0.3 is 5.73 Å². The van der Waals surface area contributed by atoms with Crippen molar-refractivity contribution in [3.8, 4) is 0 Å². The molecule has 0 fully saturated rings. The van der Waals surface area contributed by atoms with Crippen LogP contribution in [0.3, 0.4) is 0 Å². The van der Waals surface area contributed by atoms with Gasteiger partial charge in [-0.15, -0.1) is 35.1 Å². The van der Waals surface area contributed by atoms with Crippen molar-refractivity contribution >= 4 is 40.2 Å². The predicted octanol–water partition coefficient (Wildman–Crippen LogP) is 2.77. The molecule has 0 aromatic carbocycles. The van der Waals surface area contributed by atoms with Crippen molar-refractivity contribution in [3.63, 3.8) is 0 Å². The summed E-state index contributed by atoms with van der Waals surface area (Å²) in [6.45, 7) is 3.19. The lowest BCUT2D eigenvalue weighted by Gasteiger charge is -2.25. The molecule has 0 unspecified atom stereocenters. The van der Waals surface area contributed by atoms with Crippen LogP contribution in [0.1, 0.15) is 15.3 Å². The van der Waals surface area contributed by atoms with E-state index in [1.165, 1.54) is 21.7 Å². The summed E-state index contributed by atoms with van der Waals surface area (Å²) < 4.78 is 0. The van der Waals surface area contributed by atoms with Crippen LogP contribution in [0.2, 0.25) is 0 Å². The number of thiophene rings is 1. The van der Waals surface area contributed by atoms with Crippen LogP contribution in [-0.4, -0.2) is 16.4 Å². The van der Waals surface area contributed by atoms with Gasteiger partial charge in [-0.25, -0.2) is 4.98 Å². The zero-order valence-electron chi connectivity index (χ0n) is 9.26. The Bertz CT molecular complexity index is 494. The van der Waals surface area contributed by atoms with Gasteiger partial charge in [0.05, 0.1) is 0 Å². The number of hydrogen-bond donors (Lipinski definition) is 1. The summed E-state index contributed by atoms with van der Waals surface area (Å²) in [6.07, 6.45) is 3.07. The Labute approximate surface area is 115 Å². The number of anilines is 1. The van der Waals surface area contributed by atoms with Crippen LogP contribution in [0.25, 0.3) is 0 Å². The van der Waals surface area contributed by atoms with Gasteiger partial charge in [-0.05, 0) is 23.4 Å². The first-order chi connectivity index (χ1) is 7.81. The second-order valence-corrected chi connectivity index (χ2v) is 6.14. The summed E-state index contributed by atoms with van der Waals surface area (Å²) in [4.78, 5) is 9.33. The number of aromatic nitrogens is 1. The van der Waals surface area contributed by atoms with Crippen LogP contribution in [0.4, 0.5) is 5.13 Å². The smallest absolute Gasteiger partial charge is 0.180 e. The van der Waals surface area contributed by atoms with Gasteiger partial charge in [0.25, 0.3) is 0 Å². The number of hydrogen-bond acceptors (Lipinski definition) is 5. The van der Waals surface area contributed by atoms with E-state index in [4.69, 9.17) is 5.73 Å². The minimum atomic E-state index is 0. The fourth-order valence-corrected chi connectivity index (χ4v) is 3.74. The summed E-state index contributed by atoms with van der Waals surface area (Å²) in [5.41, 5.74) is 7.17. The van der Waals surface area contributed by atoms with Crippen LogP contribution < -0.4 is 5.73 Å². The molecule has 6 heteroatoms. The van der Waals surface area contributed by atoms with Crippen LogP contribution >= 0.6 is 35.1 Å². The first-order valence-electron chi connectivity index (χ1n) is 5.29. The molecule has 3 nitrogen and oxygen atoms in total. The Morgan fingerprint density at radius 1 is 1.47 bits per heavy atom. The van der Waals surface area contributed by atoms with Gasteiger partial charge in [-0.1, -0.05) is 0 Å². The highest BCUT2D eigenvalue weighted by molar-refractivity contribution is 7.15. The molecule has 1 aliphatic heterocycles. The summed E-state index contributed by atoms with van der Waals surface area (Å²) >= 11 is 3.46. The molecule has 92 valence electrons. The summed E-state index contributed by atoms with van der Waals surface area (Å²) in [7, 11) is 0. The zero-order chi connectivity index (χ0) is 11.0. The maximum absolute atomic E-state index is 5.63. The molecule has 2 aromatic heterocycles. The average molecular weight is 288 g/mol. The van der Waals surface area contributed by atoms with Crippen LogP contribution in [0, 0.1) is 0 Å². The Hall–Kier alpha value is -0.620. The number of fused-ring (bicyclic) bond motifs is 1. The molecule has 0 radical (unpaired) electrons. The molecule has 2 N–H and O–H groups in total. The predicted molar refractivity (Wildman–Crippen MR) is 75.9 cm³/mol. The first-order valence-corrected chi connectivity index (χ1v) is 6.98. The first kappa shape index (κ1) is 12.8. The van der Waals surface area contributed by atoms with Crippen molar-refractivity contribution in [1.82, 2.24) is 9.88 Å². The van der Waals surface area contributed by atoms with Crippen molar-refractivity contribution in [1.29, 1.82) is 0 Å². The minimum absolute atomic E-state index is 0. The molecule has 0 spiro atoms. The van der Waals surface area contributed by atoms with Gasteiger partial charge >= 0.3 is 0 Å². The monoisotopic (exact) mass is 287 g/mol. The molecule has 0 saturated carbocycles. The topological polar surface area (TPSA) is 42.1 Å². The van der Waals surface area contributed by atoms with Crippen LogP contribution in [0.15, 0.2) is 17.6 Å². The molecule has 0 amide bonds. The van der Waals surface area contributed by atoms with E-state index in [1.54, 1.807) is 11.3 Å². The molecule has 3 rings (SSSR count). The van der Waals surface area contributed by atoms with E-state index in [9.17, 15) is 0 Å². The summed E-state index contributed by atoms with van der Waals surface area (Å²) in [5.74, 6) is 0. The van der Waals surface area contributed by atoms with Crippen molar-refractivity contribution in [2.24, 2.45) is 0 Å². The fourth-order valence-electron chi connectivity index (χ4n) is 2.04. The van der Waals surface area contributed by atoms with Crippen LogP contribution in [-0.2, 0) is 19.5 Å². The molecule has 1 aliphatic rings. The number of nitrogens with two attached hydrogens (primary N) is 1. The van der Waals surface area contributed by atoms with E-state index < -0.39 is 0 Å². The Morgan fingerprint density at radius 3 is 3.12 bits per heavy atom. The molecule has 0 atom stereocenters. The number of rotatable bonds is 2. The third-order valence-corrected chi connectivity index (χ3v) is 4.61. The molecule has 3 heterocycles. The van der Waals surface area contributed by atoms with E-state index >= 15 is 0 Å². The Balaban J connectivity index is 0.00000108. The highest BCUT2D eigenvalue weighted by Crippen LogP contribution is 2.26. The second kappa shape index (κ2) is 5.35. The maximum atomic E-state index is 5.63. The zero-order valence-corrected chi connectivity index (χ0v) is 11.7. The highest BCUT2D eigenvalue weighted by atomic mass is 35.5. The standard InChI is InChI=1S/C11H13N3S2.ClH/c12-11-13-5-9(16-11)6-14-3-1-8-2-4-15-10(8)7-14;/h2,4-5H,1,3,6-7H2,(H2,12,13);1H. The van der Waals surface area contributed by atoms with Gasteiger partial charge in [0.15, 0.2) is 5.13 Å². The number of thiazole rings is 1. The van der Waals surface area contributed by atoms with Gasteiger partial charge in [0.2, 0.25) is 0 Å². The molecule has 17 heavy (non-hydrogen) atoms. The van der Waals surface area contributed by atoms with E-state index in [2.05, 4.69) is 21.3 Å². The molecule has 0 aliphatic carbocycles. The van der Waals surface area contributed by atoms with Gasteiger partial charge in [0, 0.05) is 35.6 Å². The van der Waals surface area contributed by atoms with E-state index in [0.717, 1.165) is 19.6 Å². The number of halogens is 1. The average Bonchev–Trinajstić information content (AvgIpc) is 2.87. The number of nitrogens with zero attached hydrogens (tertiary/aromatic N) is 2. The number of nitrogen functional groups attached to an aromatic ring is 1. The largest absolute Gasteiger partial charge is 0.375 e. The lowest BCUT2D eigenvalue weighted by Crippen LogP contribution is -2.28. The Morgan fingerprint density at radius 2 is 2.35 bits per heavy atom. The second-order valence-electron chi connectivity index (χ2n) is 3.99. The molecular weight excluding hydrogens is 274 g/mol. The van der Waals surface area contributed by atoms with Gasteiger partial charge in [-0.2, -0.15) is 0 Å². The third-order valence-electron chi connectivity index (χ3n) is 2.85. The maximum Gasteiger partial charge on any atom is 0.180 e. The molecular formula is C11H14ClN3S2. The molecule has 0 bridgehead atoms. The van der Waals surface area contributed by atoms with Crippen LogP contribution in [0.5, 0.6) is 0 Å². The third kappa shape index (κ3) is 2.80. The van der Waals surface area contributed by atoms with Gasteiger partial charge in [0.1, 0.15) is 0 Å². The molecule has 2 aromatic rings.